The van der Waals surface area contributed by atoms with E-state index in [0.717, 1.165) is 6.54 Å². The molecule has 1 spiro atoms. The minimum atomic E-state index is -3.10. The van der Waals surface area contributed by atoms with Crippen molar-refractivity contribution in [2.75, 3.05) is 25.4 Å². The van der Waals surface area contributed by atoms with E-state index in [1.165, 1.54) is 11.1 Å². The zero-order valence-electron chi connectivity index (χ0n) is 14.8. The number of aromatic nitrogens is 2. The Labute approximate surface area is 154 Å². The van der Waals surface area contributed by atoms with Gasteiger partial charge in [-0.15, -0.1) is 0 Å². The summed E-state index contributed by atoms with van der Waals surface area (Å²) in [6, 6.07) is 10.4. The van der Waals surface area contributed by atoms with E-state index in [0.29, 0.717) is 32.1 Å². The van der Waals surface area contributed by atoms with Crippen LogP contribution in [0.3, 0.4) is 0 Å². The van der Waals surface area contributed by atoms with E-state index >= 15 is 0 Å². The van der Waals surface area contributed by atoms with Gasteiger partial charge >= 0.3 is 6.01 Å². The molecule has 1 aromatic heterocycles. The summed E-state index contributed by atoms with van der Waals surface area (Å²) >= 11 is 0. The van der Waals surface area contributed by atoms with Crippen molar-refractivity contribution in [2.45, 2.75) is 24.6 Å². The highest BCUT2D eigenvalue weighted by molar-refractivity contribution is 7.93. The Balaban J connectivity index is 1.43. The Kier molecular flexibility index (Phi) is 4.44. The third kappa shape index (κ3) is 3.10. The van der Waals surface area contributed by atoms with Crippen molar-refractivity contribution < 1.29 is 13.2 Å². The molecule has 1 atom stereocenters. The fourth-order valence-corrected chi connectivity index (χ4v) is 6.59. The summed E-state index contributed by atoms with van der Waals surface area (Å²) in [5.74, 6) is 0.236. The lowest BCUT2D eigenvalue weighted by Gasteiger charge is -2.50. The first-order chi connectivity index (χ1) is 12.5. The maximum Gasteiger partial charge on any atom is 0.316 e. The second-order valence-corrected chi connectivity index (χ2v) is 9.80. The van der Waals surface area contributed by atoms with Crippen LogP contribution in [0.15, 0.2) is 42.7 Å². The summed E-state index contributed by atoms with van der Waals surface area (Å²) in [5, 5.41) is 0. The summed E-state index contributed by atoms with van der Waals surface area (Å²) in [7, 11) is -3.10. The van der Waals surface area contributed by atoms with E-state index < -0.39 is 14.6 Å². The Morgan fingerprint density at radius 3 is 2.73 bits per heavy atom. The largest absolute Gasteiger partial charge is 0.463 e. The Morgan fingerprint density at radius 1 is 1.23 bits per heavy atom. The van der Waals surface area contributed by atoms with Gasteiger partial charge in [0.1, 0.15) is 4.75 Å². The number of hydrogen-bond donors (Lipinski definition) is 0. The van der Waals surface area contributed by atoms with Crippen molar-refractivity contribution in [1.29, 1.82) is 0 Å². The molecule has 2 aromatic rings. The topological polar surface area (TPSA) is 72.4 Å². The van der Waals surface area contributed by atoms with E-state index in [1.54, 1.807) is 18.5 Å². The van der Waals surface area contributed by atoms with Crippen LogP contribution in [0.2, 0.25) is 0 Å². The fraction of sp³-hybridized carbons (Fsp3) is 0.474. The summed E-state index contributed by atoms with van der Waals surface area (Å²) < 4.78 is 30.5. The van der Waals surface area contributed by atoms with Gasteiger partial charge in [0.05, 0.1) is 12.4 Å². The van der Waals surface area contributed by atoms with Crippen molar-refractivity contribution >= 4 is 9.84 Å². The van der Waals surface area contributed by atoms with Gasteiger partial charge in [0.25, 0.3) is 0 Å². The molecule has 138 valence electrons. The third-order valence-electron chi connectivity index (χ3n) is 5.53. The Morgan fingerprint density at radius 2 is 2.00 bits per heavy atom. The van der Waals surface area contributed by atoms with Crippen LogP contribution in [-0.4, -0.2) is 53.5 Å². The second kappa shape index (κ2) is 6.63. The first-order valence-corrected chi connectivity index (χ1v) is 10.5. The first kappa shape index (κ1) is 17.4. The van der Waals surface area contributed by atoms with E-state index in [2.05, 4.69) is 40.0 Å². The van der Waals surface area contributed by atoms with E-state index in [9.17, 15) is 8.42 Å². The van der Waals surface area contributed by atoms with Gasteiger partial charge in [-0.3, -0.25) is 4.90 Å². The third-order valence-corrected chi connectivity index (χ3v) is 8.13. The van der Waals surface area contributed by atoms with Crippen molar-refractivity contribution in [1.82, 2.24) is 14.9 Å². The van der Waals surface area contributed by atoms with E-state index in [4.69, 9.17) is 4.74 Å². The van der Waals surface area contributed by atoms with E-state index in [-0.39, 0.29) is 11.7 Å². The molecular formula is C19H23N3O3S. The Hall–Kier alpha value is -1.99. The van der Waals surface area contributed by atoms with Crippen molar-refractivity contribution in [3.63, 3.8) is 0 Å². The quantitative estimate of drug-likeness (QED) is 0.797. The molecule has 2 aliphatic rings. The zero-order chi connectivity index (χ0) is 18.2. The number of ether oxygens (including phenoxy) is 1. The fourth-order valence-electron chi connectivity index (χ4n) is 4.13. The summed E-state index contributed by atoms with van der Waals surface area (Å²) in [6.07, 6.45) is 3.89. The molecule has 1 aromatic carbocycles. The maximum atomic E-state index is 12.7. The van der Waals surface area contributed by atoms with Gasteiger partial charge in [-0.2, -0.15) is 0 Å². The lowest BCUT2D eigenvalue weighted by atomic mass is 9.83. The molecule has 0 N–H and O–H groups in total. The zero-order valence-corrected chi connectivity index (χ0v) is 15.7. The van der Waals surface area contributed by atoms with Crippen molar-refractivity contribution in [2.24, 2.45) is 5.92 Å². The number of hydrogen-bond acceptors (Lipinski definition) is 6. The van der Waals surface area contributed by atoms with Gasteiger partial charge in [0.15, 0.2) is 9.84 Å². The molecule has 0 radical (unpaired) electrons. The van der Waals surface area contributed by atoms with Crippen molar-refractivity contribution in [3.8, 4) is 6.01 Å². The van der Waals surface area contributed by atoms with Crippen LogP contribution in [-0.2, 0) is 16.4 Å². The average Bonchev–Trinajstić information content (AvgIpc) is 2.85. The number of aryl methyl sites for hydroxylation is 1. The molecule has 2 fully saturated rings. The molecule has 0 saturated carbocycles. The summed E-state index contributed by atoms with van der Waals surface area (Å²) in [4.78, 5) is 10.3. The Bertz CT molecular complexity index is 880. The molecule has 0 aliphatic carbocycles. The number of benzene rings is 1. The molecule has 7 heteroatoms. The van der Waals surface area contributed by atoms with Crippen molar-refractivity contribution in [3.05, 3.63) is 53.9 Å². The highest BCUT2D eigenvalue weighted by atomic mass is 32.2. The molecule has 2 saturated heterocycles. The van der Waals surface area contributed by atoms with Crippen LogP contribution in [0.25, 0.3) is 0 Å². The number of rotatable bonds is 5. The monoisotopic (exact) mass is 373 g/mol. The van der Waals surface area contributed by atoms with Crippen LogP contribution < -0.4 is 4.74 Å². The predicted molar refractivity (Wildman–Crippen MR) is 98.6 cm³/mol. The summed E-state index contributed by atoms with van der Waals surface area (Å²) in [5.41, 5.74) is 2.45. The SMILES string of the molecule is Cc1cccc(CN2CC3(C2)[C@H](COc2ncccn2)CCS3(=O)=O)c1. The van der Waals surface area contributed by atoms with Gasteiger partial charge in [0, 0.05) is 37.9 Å². The molecule has 0 amide bonds. The standard InChI is InChI=1S/C19H23N3O3S/c1-15-4-2-5-16(10-15)11-22-13-19(14-22)17(6-9-26(19,23)24)12-25-18-20-7-3-8-21-18/h2-5,7-8,10,17H,6,9,11-14H2,1H3/t17-/m0/s1. The minimum absolute atomic E-state index is 0.00920. The highest BCUT2D eigenvalue weighted by Gasteiger charge is 2.61. The van der Waals surface area contributed by atoms with Gasteiger partial charge < -0.3 is 4.74 Å². The lowest BCUT2D eigenvalue weighted by molar-refractivity contribution is 0.0572. The summed E-state index contributed by atoms with van der Waals surface area (Å²) in [6.45, 7) is 4.36. The molecular weight excluding hydrogens is 350 g/mol. The van der Waals surface area contributed by atoms with Gasteiger partial charge in [-0.05, 0) is 25.0 Å². The van der Waals surface area contributed by atoms with Gasteiger partial charge in [-0.1, -0.05) is 29.8 Å². The number of sulfone groups is 1. The van der Waals surface area contributed by atoms with Crippen LogP contribution in [0, 0.1) is 12.8 Å². The highest BCUT2D eigenvalue weighted by Crippen LogP contribution is 2.45. The van der Waals surface area contributed by atoms with Crippen LogP contribution in [0.5, 0.6) is 6.01 Å². The van der Waals surface area contributed by atoms with Crippen LogP contribution in [0.4, 0.5) is 0 Å². The minimum Gasteiger partial charge on any atom is -0.463 e. The molecule has 2 aliphatic heterocycles. The lowest BCUT2D eigenvalue weighted by Crippen LogP contribution is -2.67. The first-order valence-electron chi connectivity index (χ1n) is 8.89. The van der Waals surface area contributed by atoms with Gasteiger partial charge in [0.2, 0.25) is 0 Å². The number of likely N-dealkylation sites (tertiary alicyclic amines) is 1. The van der Waals surface area contributed by atoms with Crippen LogP contribution in [0.1, 0.15) is 17.5 Å². The maximum absolute atomic E-state index is 12.7. The van der Waals surface area contributed by atoms with Crippen LogP contribution >= 0.6 is 0 Å². The van der Waals surface area contributed by atoms with E-state index in [1.807, 2.05) is 6.07 Å². The predicted octanol–water partition coefficient (Wildman–Crippen LogP) is 1.85. The molecule has 0 unspecified atom stereocenters. The van der Waals surface area contributed by atoms with Gasteiger partial charge in [-0.25, -0.2) is 18.4 Å². The molecule has 4 rings (SSSR count). The molecule has 6 nitrogen and oxygen atoms in total. The average molecular weight is 373 g/mol. The smallest absolute Gasteiger partial charge is 0.316 e. The second-order valence-electron chi connectivity index (χ2n) is 7.35. The normalized spacial score (nSPS) is 23.7. The molecule has 0 bridgehead atoms. The molecule has 26 heavy (non-hydrogen) atoms. The number of nitrogens with zero attached hydrogens (tertiary/aromatic N) is 3. The molecule has 3 heterocycles.